The van der Waals surface area contributed by atoms with E-state index in [1.165, 1.54) is 32.1 Å². The Hall–Kier alpha value is -1.30. The van der Waals surface area contributed by atoms with Crippen LogP contribution in [0.1, 0.15) is 59.3 Å². The van der Waals surface area contributed by atoms with Crippen LogP contribution in [0.4, 0.5) is 0 Å². The number of nitrogens with zero attached hydrogens (tertiary/aromatic N) is 3. The zero-order valence-electron chi connectivity index (χ0n) is 17.7. The minimum Gasteiger partial charge on any atom is -0.357 e. The van der Waals surface area contributed by atoms with E-state index in [0.717, 1.165) is 38.1 Å². The highest BCUT2D eigenvalue weighted by Gasteiger charge is 2.25. The molecule has 0 aromatic heterocycles. The molecule has 1 aliphatic rings. The molecular formula is C20H41N5O. The molecule has 2 N–H and O–H groups in total. The van der Waals surface area contributed by atoms with Crippen molar-refractivity contribution in [3.63, 3.8) is 0 Å². The highest BCUT2D eigenvalue weighted by molar-refractivity contribution is 5.81. The summed E-state index contributed by atoms with van der Waals surface area (Å²) < 4.78 is 0. The van der Waals surface area contributed by atoms with Crippen LogP contribution >= 0.6 is 0 Å². The van der Waals surface area contributed by atoms with E-state index in [1.807, 2.05) is 18.7 Å². The first-order chi connectivity index (χ1) is 12.5. The van der Waals surface area contributed by atoms with E-state index in [-0.39, 0.29) is 5.91 Å². The summed E-state index contributed by atoms with van der Waals surface area (Å²) in [6.45, 7) is 9.91. The van der Waals surface area contributed by atoms with Crippen molar-refractivity contribution in [1.29, 1.82) is 0 Å². The number of likely N-dealkylation sites (N-methyl/N-ethyl adjacent to an activating group) is 1. The first kappa shape index (κ1) is 22.7. The van der Waals surface area contributed by atoms with E-state index < -0.39 is 0 Å². The molecule has 1 amide bonds. The van der Waals surface area contributed by atoms with Crippen molar-refractivity contribution in [2.24, 2.45) is 10.9 Å². The molecule has 1 saturated carbocycles. The fourth-order valence-corrected chi connectivity index (χ4v) is 3.80. The molecule has 26 heavy (non-hydrogen) atoms. The van der Waals surface area contributed by atoms with Gasteiger partial charge in [-0.05, 0) is 53.6 Å². The maximum Gasteiger partial charge on any atom is 0.224 e. The van der Waals surface area contributed by atoms with Crippen LogP contribution in [0.3, 0.4) is 0 Å². The van der Waals surface area contributed by atoms with Gasteiger partial charge in [0.1, 0.15) is 0 Å². The van der Waals surface area contributed by atoms with Crippen LogP contribution in [0.2, 0.25) is 0 Å². The number of nitrogens with one attached hydrogen (secondary N) is 2. The van der Waals surface area contributed by atoms with E-state index >= 15 is 0 Å². The second-order valence-electron chi connectivity index (χ2n) is 7.39. The maximum atomic E-state index is 12.1. The van der Waals surface area contributed by atoms with Gasteiger partial charge in [0.05, 0.1) is 6.54 Å². The summed E-state index contributed by atoms with van der Waals surface area (Å²) in [7, 11) is 4.33. The maximum absolute atomic E-state index is 12.1. The fraction of sp³-hybridized carbons (Fsp3) is 0.900. The number of guanidine groups is 1. The number of rotatable bonds is 10. The van der Waals surface area contributed by atoms with Crippen molar-refractivity contribution < 1.29 is 4.79 Å². The summed E-state index contributed by atoms with van der Waals surface area (Å²) in [5.74, 6) is 1.77. The molecule has 0 aliphatic heterocycles. The third-order valence-corrected chi connectivity index (χ3v) is 5.39. The first-order valence-corrected chi connectivity index (χ1v) is 10.5. The van der Waals surface area contributed by atoms with E-state index in [4.69, 9.17) is 4.99 Å². The largest absolute Gasteiger partial charge is 0.357 e. The molecule has 1 fully saturated rings. The van der Waals surface area contributed by atoms with Crippen LogP contribution in [0.25, 0.3) is 0 Å². The van der Waals surface area contributed by atoms with Gasteiger partial charge >= 0.3 is 0 Å². The molecule has 1 atom stereocenters. The highest BCUT2D eigenvalue weighted by Crippen LogP contribution is 2.28. The molecule has 1 rings (SSSR count). The molecule has 0 aromatic rings. The molecule has 1 aliphatic carbocycles. The molecule has 0 bridgehead atoms. The summed E-state index contributed by atoms with van der Waals surface area (Å²) in [5.41, 5.74) is 0. The number of carbonyl (C=O) groups excluding carboxylic acids is 1. The average Bonchev–Trinajstić information content (AvgIpc) is 2.63. The van der Waals surface area contributed by atoms with E-state index in [2.05, 4.69) is 36.6 Å². The predicted molar refractivity (Wildman–Crippen MR) is 111 cm³/mol. The van der Waals surface area contributed by atoms with Crippen molar-refractivity contribution in [3.8, 4) is 0 Å². The lowest BCUT2D eigenvalue weighted by molar-refractivity contribution is -0.130. The summed E-state index contributed by atoms with van der Waals surface area (Å²) in [6.07, 6.45) is 7.23. The Morgan fingerprint density at radius 2 is 1.73 bits per heavy atom. The van der Waals surface area contributed by atoms with Gasteiger partial charge < -0.3 is 20.4 Å². The summed E-state index contributed by atoms with van der Waals surface area (Å²) in [4.78, 5) is 21.1. The molecule has 152 valence electrons. The Bertz CT molecular complexity index is 414. The Morgan fingerprint density at radius 3 is 2.27 bits per heavy atom. The quantitative estimate of drug-likeness (QED) is 0.459. The van der Waals surface area contributed by atoms with Gasteiger partial charge in [0.25, 0.3) is 0 Å². The second-order valence-corrected chi connectivity index (χ2v) is 7.39. The molecule has 0 aromatic carbocycles. The molecule has 0 radical (unpaired) electrons. The number of hydrogen-bond acceptors (Lipinski definition) is 3. The third-order valence-electron chi connectivity index (χ3n) is 5.39. The molecule has 0 spiro atoms. The molecule has 0 heterocycles. The van der Waals surface area contributed by atoms with E-state index in [0.29, 0.717) is 19.0 Å². The van der Waals surface area contributed by atoms with Gasteiger partial charge in [-0.3, -0.25) is 9.79 Å². The van der Waals surface area contributed by atoms with Gasteiger partial charge in [0, 0.05) is 38.6 Å². The highest BCUT2D eigenvalue weighted by atomic mass is 16.2. The zero-order valence-corrected chi connectivity index (χ0v) is 17.7. The first-order valence-electron chi connectivity index (χ1n) is 10.5. The topological polar surface area (TPSA) is 60.0 Å². The van der Waals surface area contributed by atoms with Gasteiger partial charge in [-0.15, -0.1) is 0 Å². The number of hydrogen-bond donors (Lipinski definition) is 2. The molecule has 6 heteroatoms. The molecular weight excluding hydrogens is 326 g/mol. The third kappa shape index (κ3) is 7.94. The van der Waals surface area contributed by atoms with Crippen molar-refractivity contribution in [2.45, 2.75) is 65.3 Å². The van der Waals surface area contributed by atoms with E-state index in [1.54, 1.807) is 0 Å². The molecule has 1 unspecified atom stereocenters. The average molecular weight is 368 g/mol. The normalized spacial score (nSPS) is 17.2. The van der Waals surface area contributed by atoms with Crippen LogP contribution in [-0.2, 0) is 4.79 Å². The zero-order chi connectivity index (χ0) is 19.4. The standard InChI is InChI=1S/C20H41N5O/c1-6-21-20(22-15-14-19(26)25(7-2)8-3)23-16-18(24(4)5)17-12-10-9-11-13-17/h17-18H,6-16H2,1-5H3,(H2,21,22,23). The van der Waals surface area contributed by atoms with Crippen molar-refractivity contribution in [2.75, 3.05) is 46.8 Å². The van der Waals surface area contributed by atoms with Crippen LogP contribution < -0.4 is 10.6 Å². The number of carbonyl (C=O) groups is 1. The molecule has 0 saturated heterocycles. The second kappa shape index (κ2) is 13.0. The van der Waals surface area contributed by atoms with Crippen LogP contribution in [0.15, 0.2) is 4.99 Å². The van der Waals surface area contributed by atoms with Gasteiger partial charge in [-0.25, -0.2) is 0 Å². The summed E-state index contributed by atoms with van der Waals surface area (Å²) >= 11 is 0. The van der Waals surface area contributed by atoms with Crippen molar-refractivity contribution >= 4 is 11.9 Å². The van der Waals surface area contributed by atoms with Gasteiger partial charge in [-0.1, -0.05) is 19.3 Å². The van der Waals surface area contributed by atoms with Crippen LogP contribution in [0, 0.1) is 5.92 Å². The van der Waals surface area contributed by atoms with Crippen LogP contribution in [0.5, 0.6) is 0 Å². The minimum atomic E-state index is 0.201. The lowest BCUT2D eigenvalue weighted by Gasteiger charge is -2.34. The summed E-state index contributed by atoms with van der Waals surface area (Å²) in [6, 6.07) is 0.489. The number of amides is 1. The number of aliphatic imine (C=N–C) groups is 1. The van der Waals surface area contributed by atoms with Gasteiger partial charge in [-0.2, -0.15) is 0 Å². The lowest BCUT2D eigenvalue weighted by atomic mass is 9.83. The van der Waals surface area contributed by atoms with Gasteiger partial charge in [0.2, 0.25) is 5.91 Å². The monoisotopic (exact) mass is 367 g/mol. The Kier molecular flexibility index (Phi) is 11.3. The SMILES string of the molecule is CCNC(=NCC(C1CCCCC1)N(C)C)NCCC(=O)N(CC)CC. The van der Waals surface area contributed by atoms with Crippen molar-refractivity contribution in [1.82, 2.24) is 20.4 Å². The van der Waals surface area contributed by atoms with Crippen molar-refractivity contribution in [3.05, 3.63) is 0 Å². The predicted octanol–water partition coefficient (Wildman–Crippen LogP) is 2.31. The Balaban J connectivity index is 2.56. The fourth-order valence-electron chi connectivity index (χ4n) is 3.80. The Morgan fingerprint density at radius 1 is 1.08 bits per heavy atom. The van der Waals surface area contributed by atoms with Crippen LogP contribution in [-0.4, -0.2) is 74.5 Å². The summed E-state index contributed by atoms with van der Waals surface area (Å²) in [5, 5.41) is 6.63. The minimum absolute atomic E-state index is 0.201. The molecule has 6 nitrogen and oxygen atoms in total. The Labute approximate surface area is 160 Å². The smallest absolute Gasteiger partial charge is 0.224 e. The van der Waals surface area contributed by atoms with E-state index in [9.17, 15) is 4.79 Å². The van der Waals surface area contributed by atoms with Gasteiger partial charge in [0.15, 0.2) is 5.96 Å². The lowest BCUT2D eigenvalue weighted by Crippen LogP contribution is -2.43.